The highest BCUT2D eigenvalue weighted by Gasteiger charge is 2.46. The summed E-state index contributed by atoms with van der Waals surface area (Å²) in [5, 5.41) is 18.7. The van der Waals surface area contributed by atoms with E-state index in [1.165, 1.54) is 0 Å². The van der Waals surface area contributed by atoms with Crippen molar-refractivity contribution in [2.75, 3.05) is 39.6 Å². The van der Waals surface area contributed by atoms with Crippen LogP contribution in [0, 0.1) is 11.3 Å². The number of hydrogen-bond donors (Lipinski definition) is 2. The number of aliphatic hydroxyl groups is 1. The van der Waals surface area contributed by atoms with Crippen molar-refractivity contribution >= 4 is 11.9 Å². The smallest absolute Gasteiger partial charge is 0.318 e. The maximum Gasteiger partial charge on any atom is 0.318 e. The molecule has 7 nitrogen and oxygen atoms in total. The summed E-state index contributed by atoms with van der Waals surface area (Å²) >= 11 is 0. The molecule has 7 heteroatoms. The van der Waals surface area contributed by atoms with Gasteiger partial charge in [-0.25, -0.2) is 0 Å². The molecule has 0 rings (SSSR count). The predicted octanol–water partition coefficient (Wildman–Crippen LogP) is 3.14. The van der Waals surface area contributed by atoms with E-state index in [0.717, 1.165) is 16.7 Å². The Bertz CT molecular complexity index is 587. The molecule has 0 radical (unpaired) electrons. The fourth-order valence-electron chi connectivity index (χ4n) is 2.84. The Hall–Kier alpha value is -1.96. The van der Waals surface area contributed by atoms with E-state index in [9.17, 15) is 14.7 Å². The number of carbonyl (C=O) groups is 2. The van der Waals surface area contributed by atoms with E-state index in [2.05, 4.69) is 0 Å². The van der Waals surface area contributed by atoms with E-state index >= 15 is 0 Å². The van der Waals surface area contributed by atoms with Gasteiger partial charge in [-0.1, -0.05) is 34.9 Å². The van der Waals surface area contributed by atoms with Gasteiger partial charge in [0.1, 0.15) is 12.0 Å². The number of carbonyl (C=O) groups excluding carboxylic acids is 1. The second kappa shape index (κ2) is 14.1. The van der Waals surface area contributed by atoms with Crippen molar-refractivity contribution in [3.05, 3.63) is 34.9 Å². The number of aliphatic carboxylic acids is 1. The molecule has 0 saturated heterocycles. The Labute approximate surface area is 174 Å². The van der Waals surface area contributed by atoms with Gasteiger partial charge >= 0.3 is 11.9 Å². The van der Waals surface area contributed by atoms with Crippen molar-refractivity contribution in [2.24, 2.45) is 11.3 Å². The summed E-state index contributed by atoms with van der Waals surface area (Å²) in [6.45, 7) is 11.8. The first-order chi connectivity index (χ1) is 13.6. The largest absolute Gasteiger partial charge is 0.480 e. The minimum Gasteiger partial charge on any atom is -0.480 e. The highest BCUT2D eigenvalue weighted by Crippen LogP contribution is 2.37. The lowest BCUT2D eigenvalue weighted by atomic mass is 9.72. The highest BCUT2D eigenvalue weighted by molar-refractivity contribution is 5.89. The Morgan fingerprint density at radius 3 is 1.72 bits per heavy atom. The summed E-state index contributed by atoms with van der Waals surface area (Å²) < 4.78 is 15.7. The molecule has 0 aromatic carbocycles. The van der Waals surface area contributed by atoms with Gasteiger partial charge in [-0.2, -0.15) is 0 Å². The van der Waals surface area contributed by atoms with E-state index in [1.54, 1.807) is 45.9 Å². The van der Waals surface area contributed by atoms with E-state index in [-0.39, 0.29) is 26.4 Å². The molecule has 0 amide bonds. The van der Waals surface area contributed by atoms with Gasteiger partial charge in [0, 0.05) is 0 Å². The number of rotatable bonds is 14. The van der Waals surface area contributed by atoms with Crippen LogP contribution in [0.3, 0.4) is 0 Å². The molecule has 0 aliphatic heterocycles. The molecule has 0 aromatic rings. The number of ether oxygens (including phenoxy) is 3. The van der Waals surface area contributed by atoms with Crippen LogP contribution in [0.1, 0.15) is 41.5 Å². The molecule has 0 fully saturated rings. The molecule has 0 spiro atoms. The van der Waals surface area contributed by atoms with Gasteiger partial charge in [-0.05, 0) is 41.5 Å². The summed E-state index contributed by atoms with van der Waals surface area (Å²) in [5.41, 5.74) is 0.858. The SMILES string of the molecule is CC(C)=CC(C(=O)OCCOCCOCCO)C(C=C(C)C)(C=C(C)C)C(=O)O. The Balaban J connectivity index is 5.41. The van der Waals surface area contributed by atoms with Crippen molar-refractivity contribution < 1.29 is 34.0 Å². The van der Waals surface area contributed by atoms with Gasteiger partial charge < -0.3 is 24.4 Å². The Morgan fingerprint density at radius 2 is 1.31 bits per heavy atom. The molecular weight excluding hydrogens is 376 g/mol. The molecule has 0 aliphatic rings. The summed E-state index contributed by atoms with van der Waals surface area (Å²) in [5.74, 6) is -2.75. The number of carboxylic acid groups (broad SMARTS) is 1. The number of aliphatic hydroxyl groups excluding tert-OH is 1. The van der Waals surface area contributed by atoms with Crippen molar-refractivity contribution in [3.8, 4) is 0 Å². The minimum absolute atomic E-state index is 0.00524. The Kier molecular flexibility index (Phi) is 13.1. The second-order valence-electron chi connectivity index (χ2n) is 7.52. The average Bonchev–Trinajstić information content (AvgIpc) is 2.59. The van der Waals surface area contributed by atoms with Crippen LogP contribution in [0.15, 0.2) is 34.9 Å². The summed E-state index contributed by atoms with van der Waals surface area (Å²) in [4.78, 5) is 25.2. The molecule has 0 heterocycles. The number of allylic oxidation sites excluding steroid dienone is 3. The van der Waals surface area contributed by atoms with Crippen LogP contribution in [0.25, 0.3) is 0 Å². The molecule has 0 saturated carbocycles. The van der Waals surface area contributed by atoms with E-state index in [4.69, 9.17) is 19.3 Å². The third-order valence-corrected chi connectivity index (χ3v) is 3.77. The van der Waals surface area contributed by atoms with Crippen LogP contribution in [-0.4, -0.2) is 61.8 Å². The summed E-state index contributed by atoms with van der Waals surface area (Å²) in [6, 6.07) is 0. The lowest BCUT2D eigenvalue weighted by molar-refractivity contribution is -0.158. The number of carboxylic acids is 1. The maximum absolute atomic E-state index is 12.9. The van der Waals surface area contributed by atoms with Crippen molar-refractivity contribution in [1.82, 2.24) is 0 Å². The zero-order valence-electron chi connectivity index (χ0n) is 18.5. The summed E-state index contributed by atoms with van der Waals surface area (Å²) in [6.07, 6.45) is 4.84. The third kappa shape index (κ3) is 10.4. The van der Waals surface area contributed by atoms with Crippen LogP contribution in [-0.2, 0) is 23.8 Å². The van der Waals surface area contributed by atoms with Gasteiger partial charge in [0.25, 0.3) is 0 Å². The second-order valence-corrected chi connectivity index (χ2v) is 7.52. The van der Waals surface area contributed by atoms with Crippen LogP contribution in [0.2, 0.25) is 0 Å². The zero-order chi connectivity index (χ0) is 22.4. The molecule has 29 heavy (non-hydrogen) atoms. The normalized spacial score (nSPS) is 12.0. The molecule has 2 N–H and O–H groups in total. The highest BCUT2D eigenvalue weighted by atomic mass is 16.6. The van der Waals surface area contributed by atoms with Crippen molar-refractivity contribution in [1.29, 1.82) is 0 Å². The van der Waals surface area contributed by atoms with Crippen LogP contribution >= 0.6 is 0 Å². The van der Waals surface area contributed by atoms with Gasteiger partial charge in [-0.15, -0.1) is 0 Å². The molecular formula is C22H36O7. The standard InChI is InChI=1S/C22H36O7/c1-16(2)13-19(20(24)29-12-11-28-10-9-27-8-7-23)22(21(25)26,14-17(3)4)15-18(5)6/h13-15,19,23H,7-12H2,1-6H3,(H,25,26). The average molecular weight is 413 g/mol. The number of hydrogen-bond acceptors (Lipinski definition) is 6. The molecule has 0 aromatic heterocycles. The first kappa shape index (κ1) is 27.0. The van der Waals surface area contributed by atoms with E-state index < -0.39 is 23.3 Å². The fourth-order valence-corrected chi connectivity index (χ4v) is 2.84. The minimum atomic E-state index is -1.54. The number of esters is 1. The Morgan fingerprint density at radius 1 is 0.828 bits per heavy atom. The van der Waals surface area contributed by atoms with Gasteiger partial charge in [-0.3, -0.25) is 9.59 Å². The molecule has 1 unspecified atom stereocenters. The predicted molar refractivity (Wildman–Crippen MR) is 112 cm³/mol. The van der Waals surface area contributed by atoms with Gasteiger partial charge in [0.05, 0.1) is 39.0 Å². The van der Waals surface area contributed by atoms with E-state index in [1.807, 2.05) is 13.8 Å². The van der Waals surface area contributed by atoms with Gasteiger partial charge in [0.15, 0.2) is 0 Å². The lowest BCUT2D eigenvalue weighted by Gasteiger charge is -2.30. The zero-order valence-corrected chi connectivity index (χ0v) is 18.5. The van der Waals surface area contributed by atoms with Crippen LogP contribution in [0.4, 0.5) is 0 Å². The van der Waals surface area contributed by atoms with Crippen molar-refractivity contribution in [3.63, 3.8) is 0 Å². The molecule has 0 aliphatic carbocycles. The van der Waals surface area contributed by atoms with Crippen molar-refractivity contribution in [2.45, 2.75) is 41.5 Å². The third-order valence-electron chi connectivity index (χ3n) is 3.77. The van der Waals surface area contributed by atoms with Crippen LogP contribution < -0.4 is 0 Å². The topological polar surface area (TPSA) is 102 Å². The fraction of sp³-hybridized carbons (Fsp3) is 0.636. The molecule has 1 atom stereocenters. The lowest BCUT2D eigenvalue weighted by Crippen LogP contribution is -2.40. The quantitative estimate of drug-likeness (QED) is 0.257. The monoisotopic (exact) mass is 412 g/mol. The maximum atomic E-state index is 12.9. The molecule has 0 bridgehead atoms. The summed E-state index contributed by atoms with van der Waals surface area (Å²) in [7, 11) is 0. The first-order valence-electron chi connectivity index (χ1n) is 9.70. The first-order valence-corrected chi connectivity index (χ1v) is 9.70. The van der Waals surface area contributed by atoms with Crippen LogP contribution in [0.5, 0.6) is 0 Å². The molecule has 166 valence electrons. The van der Waals surface area contributed by atoms with E-state index in [0.29, 0.717) is 13.2 Å². The van der Waals surface area contributed by atoms with Gasteiger partial charge in [0.2, 0.25) is 0 Å².